The number of nitrogens with one attached hydrogen (secondary N) is 1. The zero-order valence-corrected chi connectivity index (χ0v) is 11.8. The zero-order chi connectivity index (χ0) is 13.3. The zero-order valence-electron chi connectivity index (χ0n) is 11.8. The summed E-state index contributed by atoms with van der Waals surface area (Å²) in [6.45, 7) is 6.19. The van der Waals surface area contributed by atoms with E-state index in [1.807, 2.05) is 6.92 Å². The Hall–Kier alpha value is -0.610. The normalized spacial score (nSPS) is 41.4. The summed E-state index contributed by atoms with van der Waals surface area (Å²) in [5.74, 6) is 0.248. The Bertz CT molecular complexity index is 313. The van der Waals surface area contributed by atoms with Gasteiger partial charge in [0.1, 0.15) is 0 Å². The van der Waals surface area contributed by atoms with Gasteiger partial charge in [0.2, 0.25) is 5.91 Å². The molecule has 2 aliphatic rings. The van der Waals surface area contributed by atoms with Crippen molar-refractivity contribution in [2.45, 2.75) is 83.1 Å². The monoisotopic (exact) mass is 254 g/mol. The summed E-state index contributed by atoms with van der Waals surface area (Å²) in [6, 6.07) is 0.312. The van der Waals surface area contributed by atoms with E-state index in [9.17, 15) is 9.90 Å². The fourth-order valence-corrected chi connectivity index (χ4v) is 3.23. The molecule has 2 N–H and O–H groups in total. The van der Waals surface area contributed by atoms with E-state index in [1.54, 1.807) is 0 Å². The molecule has 104 valence electrons. The van der Waals surface area contributed by atoms with Crippen LogP contribution in [0.3, 0.4) is 0 Å². The quantitative estimate of drug-likeness (QED) is 0.805. The molecule has 0 bridgehead atoms. The standard InChI is InChI=1S/C14H26N2O2/c1-4-12-15-14(3,5-2)13(18)16(12)10-6-8-11(17)9-7-10/h10-12,15,17H,4-9H2,1-3H3. The Kier molecular flexibility index (Phi) is 3.97. The van der Waals surface area contributed by atoms with Crippen LogP contribution in [0.15, 0.2) is 0 Å². The van der Waals surface area contributed by atoms with Crippen LogP contribution in [0.4, 0.5) is 0 Å². The molecule has 2 rings (SSSR count). The van der Waals surface area contributed by atoms with Crippen molar-refractivity contribution in [3.63, 3.8) is 0 Å². The topological polar surface area (TPSA) is 52.6 Å². The fourth-order valence-electron chi connectivity index (χ4n) is 3.23. The Morgan fingerprint density at radius 1 is 1.33 bits per heavy atom. The van der Waals surface area contributed by atoms with Crippen LogP contribution in [0.2, 0.25) is 0 Å². The summed E-state index contributed by atoms with van der Waals surface area (Å²) in [7, 11) is 0. The third-order valence-corrected chi connectivity index (χ3v) is 4.68. The molecule has 4 heteroatoms. The van der Waals surface area contributed by atoms with Gasteiger partial charge in [0, 0.05) is 6.04 Å². The fraction of sp³-hybridized carbons (Fsp3) is 0.929. The van der Waals surface area contributed by atoms with Gasteiger partial charge in [-0.1, -0.05) is 13.8 Å². The van der Waals surface area contributed by atoms with Gasteiger partial charge in [0.05, 0.1) is 17.8 Å². The predicted molar refractivity (Wildman–Crippen MR) is 71.0 cm³/mol. The first kappa shape index (κ1) is 13.8. The molecule has 0 aromatic rings. The Morgan fingerprint density at radius 3 is 2.44 bits per heavy atom. The van der Waals surface area contributed by atoms with Crippen molar-refractivity contribution >= 4 is 5.91 Å². The second-order valence-corrected chi connectivity index (χ2v) is 5.93. The molecule has 1 aliphatic carbocycles. The Labute approximate surface area is 110 Å². The number of carbonyl (C=O) groups is 1. The average molecular weight is 254 g/mol. The SMILES string of the molecule is CCC1NC(C)(CC)C(=O)N1C1CCC(O)CC1. The summed E-state index contributed by atoms with van der Waals surface area (Å²) in [5, 5.41) is 13.1. The van der Waals surface area contributed by atoms with Crippen LogP contribution in [-0.2, 0) is 4.79 Å². The van der Waals surface area contributed by atoms with Gasteiger partial charge in [-0.2, -0.15) is 0 Å². The third kappa shape index (κ3) is 2.28. The molecule has 4 nitrogen and oxygen atoms in total. The van der Waals surface area contributed by atoms with Crippen LogP contribution in [0.5, 0.6) is 0 Å². The van der Waals surface area contributed by atoms with Crippen molar-refractivity contribution in [3.05, 3.63) is 0 Å². The van der Waals surface area contributed by atoms with Crippen molar-refractivity contribution in [2.24, 2.45) is 0 Å². The molecule has 1 saturated heterocycles. The van der Waals surface area contributed by atoms with Gasteiger partial charge < -0.3 is 10.0 Å². The maximum Gasteiger partial charge on any atom is 0.244 e. The number of hydrogen-bond donors (Lipinski definition) is 2. The lowest BCUT2D eigenvalue weighted by atomic mass is 9.91. The molecule has 0 aromatic carbocycles. The van der Waals surface area contributed by atoms with Crippen LogP contribution < -0.4 is 5.32 Å². The van der Waals surface area contributed by atoms with Crippen LogP contribution in [0.25, 0.3) is 0 Å². The van der Waals surface area contributed by atoms with Crippen LogP contribution in [-0.4, -0.2) is 39.8 Å². The van der Waals surface area contributed by atoms with E-state index in [-0.39, 0.29) is 18.2 Å². The number of amides is 1. The molecule has 0 aromatic heterocycles. The Morgan fingerprint density at radius 2 is 1.94 bits per heavy atom. The minimum atomic E-state index is -0.392. The molecular formula is C14H26N2O2. The predicted octanol–water partition coefficient (Wildman–Crippen LogP) is 1.63. The second kappa shape index (κ2) is 5.17. The summed E-state index contributed by atoms with van der Waals surface area (Å²) >= 11 is 0. The van der Waals surface area contributed by atoms with Crippen molar-refractivity contribution in [3.8, 4) is 0 Å². The van der Waals surface area contributed by atoms with Gasteiger partial charge in [-0.15, -0.1) is 0 Å². The lowest BCUT2D eigenvalue weighted by Crippen LogP contribution is -2.47. The number of hydrogen-bond acceptors (Lipinski definition) is 3. The molecule has 1 amide bonds. The van der Waals surface area contributed by atoms with E-state index < -0.39 is 5.54 Å². The number of rotatable bonds is 3. The van der Waals surface area contributed by atoms with E-state index in [2.05, 4.69) is 24.1 Å². The first-order valence-corrected chi connectivity index (χ1v) is 7.30. The number of aliphatic hydroxyl groups is 1. The van der Waals surface area contributed by atoms with Crippen LogP contribution >= 0.6 is 0 Å². The highest BCUT2D eigenvalue weighted by Crippen LogP contribution is 2.32. The van der Waals surface area contributed by atoms with Gasteiger partial charge in [-0.3, -0.25) is 10.1 Å². The first-order valence-electron chi connectivity index (χ1n) is 7.30. The molecular weight excluding hydrogens is 228 g/mol. The van der Waals surface area contributed by atoms with Crippen LogP contribution in [0, 0.1) is 0 Å². The van der Waals surface area contributed by atoms with Gasteiger partial charge in [-0.25, -0.2) is 0 Å². The van der Waals surface area contributed by atoms with Crippen molar-refractivity contribution < 1.29 is 9.90 Å². The summed E-state index contributed by atoms with van der Waals surface area (Å²) in [5.41, 5.74) is -0.392. The summed E-state index contributed by atoms with van der Waals surface area (Å²) < 4.78 is 0. The molecule has 0 spiro atoms. The molecule has 2 fully saturated rings. The molecule has 1 heterocycles. The van der Waals surface area contributed by atoms with E-state index in [1.165, 1.54) is 0 Å². The van der Waals surface area contributed by atoms with Crippen LogP contribution in [0.1, 0.15) is 59.3 Å². The summed E-state index contributed by atoms with van der Waals surface area (Å²) in [4.78, 5) is 14.7. The maximum atomic E-state index is 12.6. The third-order valence-electron chi connectivity index (χ3n) is 4.68. The van der Waals surface area contributed by atoms with Crippen molar-refractivity contribution in [2.75, 3.05) is 0 Å². The highest BCUT2D eigenvalue weighted by molar-refractivity contribution is 5.88. The van der Waals surface area contributed by atoms with Crippen molar-refractivity contribution in [1.82, 2.24) is 10.2 Å². The van der Waals surface area contributed by atoms with Crippen molar-refractivity contribution in [1.29, 1.82) is 0 Å². The van der Waals surface area contributed by atoms with Gasteiger partial charge in [0.25, 0.3) is 0 Å². The van der Waals surface area contributed by atoms with Gasteiger partial charge in [0.15, 0.2) is 0 Å². The van der Waals surface area contributed by atoms with E-state index in [0.717, 1.165) is 38.5 Å². The number of aliphatic hydroxyl groups excluding tert-OH is 1. The molecule has 2 unspecified atom stereocenters. The second-order valence-electron chi connectivity index (χ2n) is 5.93. The summed E-state index contributed by atoms with van der Waals surface area (Å²) in [6.07, 6.45) is 5.30. The average Bonchev–Trinajstić information content (AvgIpc) is 2.64. The van der Waals surface area contributed by atoms with Gasteiger partial charge in [-0.05, 0) is 45.4 Å². The minimum absolute atomic E-state index is 0.162. The number of carbonyl (C=O) groups excluding carboxylic acids is 1. The lowest BCUT2D eigenvalue weighted by molar-refractivity contribution is -0.136. The smallest absolute Gasteiger partial charge is 0.244 e. The van der Waals surface area contributed by atoms with E-state index in [4.69, 9.17) is 0 Å². The maximum absolute atomic E-state index is 12.6. The molecule has 1 saturated carbocycles. The minimum Gasteiger partial charge on any atom is -0.393 e. The first-order chi connectivity index (χ1) is 8.51. The molecule has 1 aliphatic heterocycles. The molecule has 0 radical (unpaired) electrons. The largest absolute Gasteiger partial charge is 0.393 e. The Balaban J connectivity index is 2.13. The van der Waals surface area contributed by atoms with E-state index in [0.29, 0.717) is 6.04 Å². The van der Waals surface area contributed by atoms with E-state index >= 15 is 0 Å². The lowest BCUT2D eigenvalue weighted by Gasteiger charge is -2.36. The highest BCUT2D eigenvalue weighted by Gasteiger charge is 2.48. The molecule has 18 heavy (non-hydrogen) atoms. The molecule has 2 atom stereocenters. The van der Waals surface area contributed by atoms with Gasteiger partial charge >= 0.3 is 0 Å². The highest BCUT2D eigenvalue weighted by atomic mass is 16.3. The number of nitrogens with zero attached hydrogens (tertiary/aromatic N) is 1.